The van der Waals surface area contributed by atoms with Crippen LogP contribution in [0.25, 0.3) is 0 Å². The third-order valence-corrected chi connectivity index (χ3v) is 4.69. The molecule has 2 aromatic carbocycles. The first-order valence-corrected chi connectivity index (χ1v) is 7.80. The van der Waals surface area contributed by atoms with E-state index in [0.717, 1.165) is 29.5 Å². The van der Waals surface area contributed by atoms with Crippen molar-refractivity contribution in [3.8, 4) is 5.75 Å². The number of hydrogen-bond donors (Lipinski definition) is 1. The van der Waals surface area contributed by atoms with Crippen molar-refractivity contribution in [2.24, 2.45) is 0 Å². The van der Waals surface area contributed by atoms with Gasteiger partial charge < -0.3 is 5.11 Å². The fourth-order valence-electron chi connectivity index (χ4n) is 2.82. The van der Waals surface area contributed by atoms with Crippen molar-refractivity contribution in [3.63, 3.8) is 0 Å². The molecule has 0 radical (unpaired) electrons. The summed E-state index contributed by atoms with van der Waals surface area (Å²) in [5.41, 5.74) is 4.06. The lowest BCUT2D eigenvalue weighted by atomic mass is 9.98. The number of aryl methyl sites for hydroxylation is 1. The lowest BCUT2D eigenvalue weighted by Crippen LogP contribution is -2.30. The zero-order valence-corrected chi connectivity index (χ0v) is 13.5. The van der Waals surface area contributed by atoms with Crippen LogP contribution in [0, 0.1) is 12.7 Å². The summed E-state index contributed by atoms with van der Waals surface area (Å²) in [6.07, 6.45) is 0.768. The van der Waals surface area contributed by atoms with E-state index in [2.05, 4.69) is 46.0 Å². The summed E-state index contributed by atoms with van der Waals surface area (Å²) in [6, 6.07) is 9.19. The van der Waals surface area contributed by atoms with Crippen molar-refractivity contribution in [2.45, 2.75) is 26.4 Å². The summed E-state index contributed by atoms with van der Waals surface area (Å²) in [5.74, 6) is -0.293. The molecule has 0 atom stereocenters. The SMILES string of the molecule is Cc1ccc(CN2CCc3cc(O)cc(F)c3C2)c(Br)c1. The van der Waals surface area contributed by atoms with Gasteiger partial charge in [0.05, 0.1) is 0 Å². The maximum atomic E-state index is 14.0. The van der Waals surface area contributed by atoms with Crippen LogP contribution in [0.5, 0.6) is 5.75 Å². The summed E-state index contributed by atoms with van der Waals surface area (Å²) in [6.45, 7) is 4.31. The highest BCUT2D eigenvalue weighted by Gasteiger charge is 2.21. The molecule has 0 aromatic heterocycles. The molecule has 0 fully saturated rings. The Hall–Kier alpha value is -1.39. The highest BCUT2D eigenvalue weighted by molar-refractivity contribution is 9.10. The number of nitrogens with zero attached hydrogens (tertiary/aromatic N) is 1. The van der Waals surface area contributed by atoms with Gasteiger partial charge in [0.2, 0.25) is 0 Å². The van der Waals surface area contributed by atoms with Crippen LogP contribution in [-0.4, -0.2) is 16.6 Å². The van der Waals surface area contributed by atoms with Gasteiger partial charge in [-0.1, -0.05) is 28.1 Å². The Bertz CT molecular complexity index is 687. The molecule has 0 spiro atoms. The van der Waals surface area contributed by atoms with Crippen molar-refractivity contribution in [1.29, 1.82) is 0 Å². The number of rotatable bonds is 2. The van der Waals surface area contributed by atoms with Gasteiger partial charge in [0.1, 0.15) is 11.6 Å². The van der Waals surface area contributed by atoms with E-state index in [0.29, 0.717) is 12.1 Å². The van der Waals surface area contributed by atoms with Crippen LogP contribution in [0.1, 0.15) is 22.3 Å². The Morgan fingerprint density at radius 2 is 2.10 bits per heavy atom. The molecule has 0 amide bonds. The first-order valence-electron chi connectivity index (χ1n) is 7.00. The fraction of sp³-hybridized carbons (Fsp3) is 0.294. The quantitative estimate of drug-likeness (QED) is 0.879. The zero-order valence-electron chi connectivity index (χ0n) is 11.9. The van der Waals surface area contributed by atoms with Gasteiger partial charge in [-0.25, -0.2) is 4.39 Å². The summed E-state index contributed by atoms with van der Waals surface area (Å²) < 4.78 is 15.1. The van der Waals surface area contributed by atoms with Gasteiger partial charge in [0, 0.05) is 35.7 Å². The smallest absolute Gasteiger partial charge is 0.131 e. The van der Waals surface area contributed by atoms with Crippen LogP contribution in [0.15, 0.2) is 34.8 Å². The molecule has 1 heterocycles. The number of aromatic hydroxyl groups is 1. The number of benzene rings is 2. The van der Waals surface area contributed by atoms with Gasteiger partial charge in [-0.05, 0) is 42.2 Å². The third-order valence-electron chi connectivity index (χ3n) is 3.95. The van der Waals surface area contributed by atoms with E-state index in [4.69, 9.17) is 0 Å². The normalized spacial score (nSPS) is 15.0. The lowest BCUT2D eigenvalue weighted by Gasteiger charge is -2.29. The minimum atomic E-state index is -0.308. The molecule has 0 unspecified atom stereocenters. The van der Waals surface area contributed by atoms with Crippen molar-refractivity contribution < 1.29 is 9.50 Å². The van der Waals surface area contributed by atoms with E-state index in [-0.39, 0.29) is 11.6 Å². The Morgan fingerprint density at radius 1 is 1.29 bits per heavy atom. The average molecular weight is 350 g/mol. The molecule has 0 saturated heterocycles. The first-order chi connectivity index (χ1) is 10.0. The zero-order chi connectivity index (χ0) is 15.0. The van der Waals surface area contributed by atoms with Crippen LogP contribution >= 0.6 is 15.9 Å². The van der Waals surface area contributed by atoms with Crippen LogP contribution in [-0.2, 0) is 19.5 Å². The fourth-order valence-corrected chi connectivity index (χ4v) is 3.43. The molecular weight excluding hydrogens is 333 g/mol. The molecule has 2 nitrogen and oxygen atoms in total. The van der Waals surface area contributed by atoms with Crippen molar-refractivity contribution in [1.82, 2.24) is 4.90 Å². The minimum absolute atomic E-state index is 0.0148. The molecule has 4 heteroatoms. The van der Waals surface area contributed by atoms with Crippen molar-refractivity contribution >= 4 is 15.9 Å². The van der Waals surface area contributed by atoms with Crippen LogP contribution in [0.2, 0.25) is 0 Å². The van der Waals surface area contributed by atoms with Gasteiger partial charge in [0.15, 0.2) is 0 Å². The molecule has 0 aliphatic carbocycles. The average Bonchev–Trinajstić information content (AvgIpc) is 2.42. The van der Waals surface area contributed by atoms with Gasteiger partial charge in [-0.3, -0.25) is 4.90 Å². The predicted octanol–water partition coefficient (Wildman–Crippen LogP) is 4.16. The number of fused-ring (bicyclic) bond motifs is 1. The summed E-state index contributed by atoms with van der Waals surface area (Å²) >= 11 is 3.60. The Labute approximate surface area is 132 Å². The summed E-state index contributed by atoms with van der Waals surface area (Å²) in [4.78, 5) is 2.23. The maximum Gasteiger partial charge on any atom is 0.131 e. The highest BCUT2D eigenvalue weighted by Crippen LogP contribution is 2.28. The first kappa shape index (κ1) is 14.5. The standard InChI is InChI=1S/C17H17BrFNO/c1-11-2-3-13(16(18)6-11)9-20-5-4-12-7-14(21)8-17(19)15(12)10-20/h2-3,6-8,21H,4-5,9-10H2,1H3. The molecule has 0 bridgehead atoms. The minimum Gasteiger partial charge on any atom is -0.508 e. The second-order valence-corrected chi connectivity index (χ2v) is 6.48. The van der Waals surface area contributed by atoms with Crippen molar-refractivity contribution in [2.75, 3.05) is 6.54 Å². The van der Waals surface area contributed by atoms with E-state index < -0.39 is 0 Å². The number of hydrogen-bond acceptors (Lipinski definition) is 2. The molecule has 1 N–H and O–H groups in total. The number of phenolic OH excluding ortho intramolecular Hbond substituents is 1. The van der Waals surface area contributed by atoms with E-state index in [1.54, 1.807) is 6.07 Å². The predicted molar refractivity (Wildman–Crippen MR) is 84.8 cm³/mol. The lowest BCUT2D eigenvalue weighted by molar-refractivity contribution is 0.240. The van der Waals surface area contributed by atoms with E-state index in [1.165, 1.54) is 17.2 Å². The maximum absolute atomic E-state index is 14.0. The van der Waals surface area contributed by atoms with Gasteiger partial charge in [-0.15, -0.1) is 0 Å². The van der Waals surface area contributed by atoms with Crippen molar-refractivity contribution in [3.05, 3.63) is 62.9 Å². The Morgan fingerprint density at radius 3 is 2.86 bits per heavy atom. The monoisotopic (exact) mass is 349 g/mol. The number of phenols is 1. The Kier molecular flexibility index (Phi) is 4.00. The summed E-state index contributed by atoms with van der Waals surface area (Å²) in [7, 11) is 0. The second kappa shape index (κ2) is 5.78. The molecule has 1 aliphatic rings. The Balaban J connectivity index is 1.80. The van der Waals surface area contributed by atoms with Gasteiger partial charge in [0.25, 0.3) is 0 Å². The van der Waals surface area contributed by atoms with Gasteiger partial charge in [-0.2, -0.15) is 0 Å². The molecule has 110 valence electrons. The molecule has 1 aliphatic heterocycles. The van der Waals surface area contributed by atoms with E-state index in [9.17, 15) is 9.50 Å². The van der Waals surface area contributed by atoms with Gasteiger partial charge >= 0.3 is 0 Å². The molecular formula is C17H17BrFNO. The second-order valence-electron chi connectivity index (χ2n) is 5.62. The largest absolute Gasteiger partial charge is 0.508 e. The molecule has 3 rings (SSSR count). The third kappa shape index (κ3) is 3.11. The van der Waals surface area contributed by atoms with Crippen LogP contribution in [0.4, 0.5) is 4.39 Å². The van der Waals surface area contributed by atoms with Crippen LogP contribution < -0.4 is 0 Å². The molecule has 0 saturated carbocycles. The molecule has 2 aromatic rings. The van der Waals surface area contributed by atoms with Crippen LogP contribution in [0.3, 0.4) is 0 Å². The summed E-state index contributed by atoms with van der Waals surface area (Å²) in [5, 5.41) is 9.47. The molecule has 21 heavy (non-hydrogen) atoms. The van der Waals surface area contributed by atoms with E-state index >= 15 is 0 Å². The number of halogens is 2. The topological polar surface area (TPSA) is 23.5 Å². The van der Waals surface area contributed by atoms with E-state index in [1.807, 2.05) is 0 Å². The highest BCUT2D eigenvalue weighted by atomic mass is 79.9.